The van der Waals surface area contributed by atoms with Gasteiger partial charge in [0.2, 0.25) is 0 Å². The van der Waals surface area contributed by atoms with Crippen LogP contribution in [0.1, 0.15) is 29.2 Å². The molecule has 0 aliphatic rings. The van der Waals surface area contributed by atoms with E-state index in [0.29, 0.717) is 12.4 Å². The molecule has 182 valence electrons. The van der Waals surface area contributed by atoms with Gasteiger partial charge in [0.1, 0.15) is 24.7 Å². The Hall–Kier alpha value is -3.04. The first kappa shape index (κ1) is 27.5. The quantitative estimate of drug-likeness (QED) is 0.334. The number of aliphatic hydroxyl groups is 1. The molecule has 1 atom stereocenters. The summed E-state index contributed by atoms with van der Waals surface area (Å²) in [5.74, 6) is 0.515. The molecule has 0 saturated carbocycles. The van der Waals surface area contributed by atoms with Crippen molar-refractivity contribution >= 4 is 0 Å². The fraction of sp³-hybridized carbons (Fsp3) is 0.259. The van der Waals surface area contributed by atoms with Crippen LogP contribution in [0, 0.1) is 13.8 Å². The zero-order valence-electron chi connectivity index (χ0n) is 20.9. The van der Waals surface area contributed by atoms with Crippen LogP contribution >= 0.6 is 0 Å². The molecule has 3 aromatic carbocycles. The molecule has 0 aliphatic heterocycles. The van der Waals surface area contributed by atoms with Crippen LogP contribution in [-0.2, 0) is 13.2 Å². The van der Waals surface area contributed by atoms with Gasteiger partial charge < -0.3 is 24.1 Å². The second-order valence-corrected chi connectivity index (χ2v) is 8.45. The van der Waals surface area contributed by atoms with E-state index in [-0.39, 0.29) is 42.7 Å². The predicted octanol–water partition coefficient (Wildman–Crippen LogP) is 0.433. The molecule has 0 amide bonds. The van der Waals surface area contributed by atoms with E-state index in [1.807, 2.05) is 61.5 Å². The molecule has 1 N–H and O–H groups in total. The summed E-state index contributed by atoms with van der Waals surface area (Å²) in [5, 5.41) is 9.43. The fourth-order valence-electron chi connectivity index (χ4n) is 3.78. The van der Waals surface area contributed by atoms with Crippen molar-refractivity contribution in [3.8, 4) is 22.6 Å². The van der Waals surface area contributed by atoms with Crippen LogP contribution in [0.15, 0.2) is 74.8 Å². The summed E-state index contributed by atoms with van der Waals surface area (Å²) >= 11 is 0. The van der Waals surface area contributed by atoms with E-state index in [1.54, 1.807) is 6.92 Å². The average molecular weight is 499 g/mol. The normalized spacial score (nSPS) is 11.6. The molecule has 36 heavy (non-hydrogen) atoms. The van der Waals surface area contributed by atoms with E-state index in [0.717, 1.165) is 43.9 Å². The topological polar surface area (TPSA) is 105 Å². The predicted molar refractivity (Wildman–Crippen MR) is 131 cm³/mol. The third kappa shape index (κ3) is 6.79. The Morgan fingerprint density at radius 3 is 2.33 bits per heavy atom. The maximum absolute atomic E-state index is 11.5. The van der Waals surface area contributed by atoms with Gasteiger partial charge in [-0.25, -0.2) is 4.79 Å². The third-order valence-electron chi connectivity index (χ3n) is 5.66. The van der Waals surface area contributed by atoms with Gasteiger partial charge >= 0.3 is 35.3 Å². The van der Waals surface area contributed by atoms with Crippen LogP contribution in [0.4, 0.5) is 0 Å². The first-order valence-electron chi connectivity index (χ1n) is 11.3. The largest absolute Gasteiger partial charge is 1.00 e. The summed E-state index contributed by atoms with van der Waals surface area (Å²) in [7, 11) is 0. The van der Waals surface area contributed by atoms with E-state index >= 15 is 0 Å². The van der Waals surface area contributed by atoms with Crippen LogP contribution in [0.3, 0.4) is 0 Å². The number of hydrogen-bond donors (Lipinski definition) is 1. The Morgan fingerprint density at radius 1 is 0.972 bits per heavy atom. The molecule has 0 radical (unpaired) electrons. The zero-order chi connectivity index (χ0) is 24.9. The number of aromatic nitrogens is 2. The number of ether oxygens (including phenoxy) is 2. The monoisotopic (exact) mass is 498 g/mol. The molecule has 9 heteroatoms. The first-order chi connectivity index (χ1) is 16.8. The first-order valence-corrected chi connectivity index (χ1v) is 11.3. The van der Waals surface area contributed by atoms with Crippen molar-refractivity contribution in [2.45, 2.75) is 40.0 Å². The standard InChI is InChI=1S/C27H28N2O6.Na/c1-17-13-23(33-15-18(2)30)11-12-24(17)25-6-4-5-21(19(25)3)16-34-22-9-7-20(8-10-22)14-29-26(31)28-27(32)35-29;/h4-13,18,30H,14-16H2,1-3H3,(H,28,31,32);/q;+1/p-1/t18-;/m1./s1. The maximum atomic E-state index is 11.5. The van der Waals surface area contributed by atoms with Crippen LogP contribution < -0.4 is 55.5 Å². The summed E-state index contributed by atoms with van der Waals surface area (Å²) in [4.78, 5) is 25.8. The molecular formula is C27H27N2NaO6. The van der Waals surface area contributed by atoms with Gasteiger partial charge in [-0.2, -0.15) is 0 Å². The molecular weight excluding hydrogens is 471 g/mol. The Labute approximate surface area is 230 Å². The summed E-state index contributed by atoms with van der Waals surface area (Å²) in [5.41, 5.74) is 5.59. The number of rotatable bonds is 9. The molecule has 1 heterocycles. The number of benzene rings is 3. The van der Waals surface area contributed by atoms with Crippen molar-refractivity contribution in [1.29, 1.82) is 0 Å². The maximum Gasteiger partial charge on any atom is 1.00 e. The zero-order valence-corrected chi connectivity index (χ0v) is 22.9. The van der Waals surface area contributed by atoms with Crippen molar-refractivity contribution in [3.63, 3.8) is 0 Å². The molecule has 1 aromatic heterocycles. The SMILES string of the molecule is Cc1cc(OC[C@@H](C)O)ccc1-c1cccc(COc2ccc(Cn3oc(=O)[n-]c3=O)cc2)c1C.[Na+]. The van der Waals surface area contributed by atoms with Crippen molar-refractivity contribution in [2.75, 3.05) is 6.61 Å². The number of aliphatic hydroxyl groups excluding tert-OH is 1. The van der Waals surface area contributed by atoms with Crippen molar-refractivity contribution in [2.24, 2.45) is 0 Å². The fourth-order valence-corrected chi connectivity index (χ4v) is 3.78. The summed E-state index contributed by atoms with van der Waals surface area (Å²) in [6.07, 6.45) is -0.518. The van der Waals surface area contributed by atoms with Gasteiger partial charge in [0.05, 0.1) is 6.10 Å². The molecule has 0 saturated heterocycles. The Bertz CT molecular complexity index is 1420. The minimum Gasteiger partial charge on any atom is -0.491 e. The number of aryl methyl sites for hydroxylation is 1. The van der Waals surface area contributed by atoms with Crippen LogP contribution in [0.2, 0.25) is 0 Å². The molecule has 0 spiro atoms. The van der Waals surface area contributed by atoms with E-state index in [4.69, 9.17) is 14.0 Å². The van der Waals surface area contributed by atoms with Gasteiger partial charge in [-0.05, 0) is 78.4 Å². The second kappa shape index (κ2) is 12.3. The van der Waals surface area contributed by atoms with Crippen molar-refractivity contribution < 1.29 is 48.7 Å². The molecule has 4 aromatic rings. The van der Waals surface area contributed by atoms with Gasteiger partial charge in [0.15, 0.2) is 5.69 Å². The van der Waals surface area contributed by atoms with E-state index in [9.17, 15) is 14.7 Å². The van der Waals surface area contributed by atoms with Crippen LogP contribution in [-0.4, -0.2) is 22.6 Å². The second-order valence-electron chi connectivity index (χ2n) is 8.45. The van der Waals surface area contributed by atoms with Gasteiger partial charge in [-0.3, -0.25) is 9.53 Å². The van der Waals surface area contributed by atoms with Gasteiger partial charge in [-0.15, -0.1) is 0 Å². The van der Waals surface area contributed by atoms with Crippen molar-refractivity contribution in [3.05, 3.63) is 104 Å². The van der Waals surface area contributed by atoms with E-state index in [2.05, 4.69) is 18.0 Å². The summed E-state index contributed by atoms with van der Waals surface area (Å²) in [6, 6.07) is 19.3. The molecule has 0 bridgehead atoms. The average Bonchev–Trinajstić information content (AvgIpc) is 3.14. The Morgan fingerprint density at radius 2 is 1.69 bits per heavy atom. The van der Waals surface area contributed by atoms with Gasteiger partial charge in [-0.1, -0.05) is 36.4 Å². The minimum absolute atomic E-state index is 0. The van der Waals surface area contributed by atoms with E-state index < -0.39 is 17.5 Å². The van der Waals surface area contributed by atoms with Crippen LogP contribution in [0.25, 0.3) is 11.1 Å². The summed E-state index contributed by atoms with van der Waals surface area (Å²) in [6.45, 7) is 6.59. The Balaban J connectivity index is 0.00000361. The van der Waals surface area contributed by atoms with Crippen LogP contribution in [0.5, 0.6) is 11.5 Å². The molecule has 4 rings (SSSR count). The summed E-state index contributed by atoms with van der Waals surface area (Å²) < 4.78 is 17.3. The molecule has 8 nitrogen and oxygen atoms in total. The molecule has 0 unspecified atom stereocenters. The number of nitrogens with zero attached hydrogens (tertiary/aromatic N) is 2. The number of hydrogen-bond acceptors (Lipinski definition) is 6. The Kier molecular flexibility index (Phi) is 9.39. The van der Waals surface area contributed by atoms with Gasteiger partial charge in [0, 0.05) is 6.54 Å². The van der Waals surface area contributed by atoms with Gasteiger partial charge in [0.25, 0.3) is 0 Å². The van der Waals surface area contributed by atoms with E-state index in [1.165, 1.54) is 0 Å². The molecule has 0 aliphatic carbocycles. The molecule has 0 fully saturated rings. The third-order valence-corrected chi connectivity index (χ3v) is 5.66. The smallest absolute Gasteiger partial charge is 0.491 e. The van der Waals surface area contributed by atoms with Crippen molar-refractivity contribution in [1.82, 2.24) is 9.72 Å². The minimum atomic E-state index is -0.900.